The summed E-state index contributed by atoms with van der Waals surface area (Å²) in [7, 11) is 3.19. The van der Waals surface area contributed by atoms with Crippen LogP contribution >= 0.6 is 23.9 Å². The van der Waals surface area contributed by atoms with Gasteiger partial charge < -0.3 is 4.74 Å². The van der Waals surface area contributed by atoms with Gasteiger partial charge in [0.25, 0.3) is 0 Å². The second kappa shape index (κ2) is 9.93. The van der Waals surface area contributed by atoms with Gasteiger partial charge >= 0.3 is 12.1 Å². The van der Waals surface area contributed by atoms with E-state index in [0.29, 0.717) is 11.7 Å². The molecule has 110 valence electrons. The molecule has 0 aromatic rings. The van der Waals surface area contributed by atoms with Crippen molar-refractivity contribution < 1.29 is 19.2 Å². The van der Waals surface area contributed by atoms with Crippen LogP contribution in [0.1, 0.15) is 13.8 Å². The first kappa shape index (κ1) is 18.1. The van der Waals surface area contributed by atoms with Crippen LogP contribution in [-0.2, 0) is 14.4 Å². The standard InChI is InChI=1S/C10H19N3O4S2/c1-6-16-9(14)7-12(3)19-13(4)10(15)17-11-8(2)18-5/h6-7H2,1-5H3. The smallest absolute Gasteiger partial charge is 0.446 e. The van der Waals surface area contributed by atoms with Crippen LogP contribution in [0.5, 0.6) is 0 Å². The topological polar surface area (TPSA) is 71.4 Å². The van der Waals surface area contributed by atoms with E-state index in [-0.39, 0.29) is 12.5 Å². The maximum atomic E-state index is 11.5. The molecule has 0 rings (SSSR count). The van der Waals surface area contributed by atoms with E-state index in [4.69, 9.17) is 9.57 Å². The van der Waals surface area contributed by atoms with E-state index in [1.54, 1.807) is 25.2 Å². The fourth-order valence-corrected chi connectivity index (χ4v) is 1.65. The molecule has 0 N–H and O–H groups in total. The molecule has 0 unspecified atom stereocenters. The Bertz CT molecular complexity index is 339. The SMILES string of the molecule is CCOC(=O)CN(C)SN(C)C(=O)ON=C(C)SC. The van der Waals surface area contributed by atoms with Gasteiger partial charge in [-0.1, -0.05) is 5.16 Å². The van der Waals surface area contributed by atoms with Gasteiger partial charge in [0.2, 0.25) is 0 Å². The molecule has 0 saturated carbocycles. The van der Waals surface area contributed by atoms with E-state index in [1.165, 1.54) is 23.1 Å². The number of rotatable bonds is 6. The summed E-state index contributed by atoms with van der Waals surface area (Å²) in [6.45, 7) is 3.87. The van der Waals surface area contributed by atoms with E-state index in [1.807, 2.05) is 6.26 Å². The lowest BCUT2D eigenvalue weighted by Gasteiger charge is -2.19. The Morgan fingerprint density at radius 2 is 1.95 bits per heavy atom. The lowest BCUT2D eigenvalue weighted by Crippen LogP contribution is -2.29. The first-order valence-electron chi connectivity index (χ1n) is 5.48. The highest BCUT2D eigenvalue weighted by molar-refractivity contribution is 8.13. The van der Waals surface area contributed by atoms with Gasteiger partial charge in [-0.25, -0.2) is 13.4 Å². The minimum Gasteiger partial charge on any atom is -0.465 e. The molecule has 0 fully saturated rings. The molecule has 0 spiro atoms. The number of ether oxygens (including phenoxy) is 1. The summed E-state index contributed by atoms with van der Waals surface area (Å²) >= 11 is 2.42. The van der Waals surface area contributed by atoms with Gasteiger partial charge in [-0.05, 0) is 27.2 Å². The molecule has 7 nitrogen and oxygen atoms in total. The molecule has 0 aromatic carbocycles. The molecule has 19 heavy (non-hydrogen) atoms. The normalized spacial score (nSPS) is 11.4. The van der Waals surface area contributed by atoms with E-state index >= 15 is 0 Å². The molecule has 0 aliphatic rings. The summed E-state index contributed by atoms with van der Waals surface area (Å²) < 4.78 is 7.59. The first-order chi connectivity index (χ1) is 8.90. The molecule has 0 aliphatic heterocycles. The average molecular weight is 309 g/mol. The predicted molar refractivity (Wildman–Crippen MR) is 77.7 cm³/mol. The number of esters is 1. The lowest BCUT2D eigenvalue weighted by atomic mass is 10.6. The Balaban J connectivity index is 4.11. The number of nitrogens with zero attached hydrogens (tertiary/aromatic N) is 3. The Kier molecular flexibility index (Phi) is 9.44. The molecular formula is C10H19N3O4S2. The van der Waals surface area contributed by atoms with Crippen LogP contribution in [0.4, 0.5) is 4.79 Å². The van der Waals surface area contributed by atoms with Gasteiger partial charge in [-0.15, -0.1) is 11.8 Å². The van der Waals surface area contributed by atoms with Crippen molar-refractivity contribution in [2.24, 2.45) is 5.16 Å². The highest BCUT2D eigenvalue weighted by atomic mass is 32.2. The van der Waals surface area contributed by atoms with Gasteiger partial charge in [0.1, 0.15) is 11.6 Å². The van der Waals surface area contributed by atoms with Crippen molar-refractivity contribution in [1.29, 1.82) is 0 Å². The third-order valence-electron chi connectivity index (χ3n) is 1.72. The quantitative estimate of drug-likeness (QED) is 0.185. The largest absolute Gasteiger partial charge is 0.465 e. The van der Waals surface area contributed by atoms with Crippen LogP contribution < -0.4 is 0 Å². The minimum atomic E-state index is -0.617. The van der Waals surface area contributed by atoms with Gasteiger partial charge in [0, 0.05) is 19.2 Å². The summed E-state index contributed by atoms with van der Waals surface area (Å²) in [5, 5.41) is 4.27. The van der Waals surface area contributed by atoms with Crippen LogP contribution in [0.25, 0.3) is 0 Å². The Morgan fingerprint density at radius 1 is 1.32 bits per heavy atom. The Hall–Kier alpha value is -0.930. The average Bonchev–Trinajstić information content (AvgIpc) is 2.35. The molecular weight excluding hydrogens is 290 g/mol. The third-order valence-corrected chi connectivity index (χ3v) is 3.19. The zero-order chi connectivity index (χ0) is 14.8. The van der Waals surface area contributed by atoms with Crippen molar-refractivity contribution >= 4 is 41.0 Å². The number of carbonyl (C=O) groups excluding carboxylic acids is 2. The molecule has 0 radical (unpaired) electrons. The number of thioether (sulfide) groups is 1. The van der Waals surface area contributed by atoms with Gasteiger partial charge in [-0.2, -0.15) is 0 Å². The fraction of sp³-hybridized carbons (Fsp3) is 0.700. The maximum Gasteiger partial charge on any atom is 0.446 e. The number of hydrogen-bond acceptors (Lipinski definition) is 8. The van der Waals surface area contributed by atoms with Crippen LogP contribution in [0.15, 0.2) is 5.16 Å². The van der Waals surface area contributed by atoms with E-state index in [2.05, 4.69) is 5.16 Å². The van der Waals surface area contributed by atoms with E-state index < -0.39 is 6.09 Å². The number of amides is 1. The molecule has 0 saturated heterocycles. The summed E-state index contributed by atoms with van der Waals surface area (Å²) in [6, 6.07) is 0. The minimum absolute atomic E-state index is 0.0727. The van der Waals surface area contributed by atoms with Gasteiger partial charge in [-0.3, -0.25) is 9.63 Å². The van der Waals surface area contributed by atoms with Crippen molar-refractivity contribution in [2.45, 2.75) is 13.8 Å². The number of oxime groups is 1. The maximum absolute atomic E-state index is 11.5. The van der Waals surface area contributed by atoms with Gasteiger partial charge in [0.05, 0.1) is 6.61 Å². The van der Waals surface area contributed by atoms with Gasteiger partial charge in [0.15, 0.2) is 0 Å². The fourth-order valence-electron chi connectivity index (χ4n) is 0.858. The number of likely N-dealkylation sites (N-methyl/N-ethyl adjacent to an activating group) is 1. The van der Waals surface area contributed by atoms with Crippen molar-refractivity contribution in [3.63, 3.8) is 0 Å². The molecule has 0 bridgehead atoms. The Labute approximate surface area is 121 Å². The zero-order valence-corrected chi connectivity index (χ0v) is 13.3. The second-order valence-corrected chi connectivity index (χ2v) is 5.68. The molecule has 0 aliphatic carbocycles. The third kappa shape index (κ3) is 8.73. The Morgan fingerprint density at radius 3 is 2.47 bits per heavy atom. The second-order valence-electron chi connectivity index (χ2n) is 3.34. The van der Waals surface area contributed by atoms with Crippen molar-refractivity contribution in [1.82, 2.24) is 8.61 Å². The van der Waals surface area contributed by atoms with Crippen molar-refractivity contribution in [2.75, 3.05) is 33.5 Å². The number of carbonyl (C=O) groups is 2. The molecule has 0 aromatic heterocycles. The number of hydrogen-bond donors (Lipinski definition) is 0. The highest BCUT2D eigenvalue weighted by Crippen LogP contribution is 2.13. The molecule has 9 heteroatoms. The summed E-state index contributed by atoms with van der Waals surface area (Å²) in [4.78, 5) is 27.5. The molecule has 0 heterocycles. The molecule has 1 amide bonds. The van der Waals surface area contributed by atoms with Crippen LogP contribution in [0.2, 0.25) is 0 Å². The van der Waals surface area contributed by atoms with E-state index in [0.717, 1.165) is 12.1 Å². The van der Waals surface area contributed by atoms with Crippen molar-refractivity contribution in [3.8, 4) is 0 Å². The lowest BCUT2D eigenvalue weighted by molar-refractivity contribution is -0.142. The monoisotopic (exact) mass is 309 g/mol. The van der Waals surface area contributed by atoms with Crippen LogP contribution in [-0.4, -0.2) is 59.2 Å². The van der Waals surface area contributed by atoms with Crippen molar-refractivity contribution in [3.05, 3.63) is 0 Å². The van der Waals surface area contributed by atoms with E-state index in [9.17, 15) is 9.59 Å². The first-order valence-corrected chi connectivity index (χ1v) is 7.44. The summed E-state index contributed by atoms with van der Waals surface area (Å²) in [5.41, 5.74) is 0. The summed E-state index contributed by atoms with van der Waals surface area (Å²) in [5.74, 6) is -0.351. The highest BCUT2D eigenvalue weighted by Gasteiger charge is 2.16. The zero-order valence-electron chi connectivity index (χ0n) is 11.7. The van der Waals surface area contributed by atoms with Crippen LogP contribution in [0.3, 0.4) is 0 Å². The summed E-state index contributed by atoms with van der Waals surface area (Å²) in [6.07, 6.45) is 1.22. The predicted octanol–water partition coefficient (Wildman–Crippen LogP) is 1.81. The van der Waals surface area contributed by atoms with Crippen LogP contribution in [0, 0.1) is 0 Å². The molecule has 0 atom stereocenters.